The van der Waals surface area contributed by atoms with E-state index in [1.54, 1.807) is 23.9 Å². The second-order valence-electron chi connectivity index (χ2n) is 7.05. The van der Waals surface area contributed by atoms with Gasteiger partial charge in [0.1, 0.15) is 0 Å². The van der Waals surface area contributed by atoms with Crippen LogP contribution < -0.4 is 10.7 Å². The number of nitrogens with one attached hydrogen (secondary N) is 2. The Bertz CT molecular complexity index is 1060. The Labute approximate surface area is 187 Å². The summed E-state index contributed by atoms with van der Waals surface area (Å²) in [6.45, 7) is 3.90. The second-order valence-corrected chi connectivity index (χ2v) is 8.03. The van der Waals surface area contributed by atoms with Gasteiger partial charge in [0.2, 0.25) is 5.91 Å². The highest BCUT2D eigenvalue weighted by Crippen LogP contribution is 2.16. The molecule has 5 nitrogen and oxygen atoms in total. The largest absolute Gasteiger partial charge is 0.322 e. The number of nitrogens with zero attached hydrogens (tertiary/aromatic N) is 1. The van der Waals surface area contributed by atoms with Crippen molar-refractivity contribution in [2.75, 3.05) is 11.1 Å². The summed E-state index contributed by atoms with van der Waals surface area (Å²) in [6.07, 6.45) is 0. The van der Waals surface area contributed by atoms with Crippen LogP contribution in [0.2, 0.25) is 0 Å². The van der Waals surface area contributed by atoms with Crippen molar-refractivity contribution in [3.8, 4) is 0 Å². The van der Waals surface area contributed by atoms with Gasteiger partial charge in [-0.3, -0.25) is 9.59 Å². The van der Waals surface area contributed by atoms with E-state index in [-0.39, 0.29) is 11.8 Å². The van der Waals surface area contributed by atoms with Gasteiger partial charge < -0.3 is 5.32 Å². The number of amides is 2. The number of hydrazone groups is 1. The van der Waals surface area contributed by atoms with Gasteiger partial charge in [0.15, 0.2) is 0 Å². The number of hydrogen-bond acceptors (Lipinski definition) is 4. The molecule has 0 aromatic heterocycles. The summed E-state index contributed by atoms with van der Waals surface area (Å²) in [5.41, 5.74) is 7.93. The number of hydrogen-bond donors (Lipinski definition) is 2. The van der Waals surface area contributed by atoms with Crippen LogP contribution in [0, 0.1) is 6.92 Å². The number of rotatable bonds is 8. The summed E-state index contributed by atoms with van der Waals surface area (Å²) >= 11 is 1.56. The lowest BCUT2D eigenvalue weighted by molar-refractivity contribution is -0.118. The average molecular weight is 432 g/mol. The van der Waals surface area contributed by atoms with Crippen molar-refractivity contribution in [2.24, 2.45) is 5.10 Å². The molecule has 0 aliphatic rings. The van der Waals surface area contributed by atoms with Gasteiger partial charge >= 0.3 is 0 Å². The SMILES string of the molecule is C/C(=N/NC(=O)CSCc1ccccc1C)c1ccc(NC(=O)c2ccccc2)cc1. The van der Waals surface area contributed by atoms with Crippen molar-refractivity contribution in [3.05, 3.63) is 101 Å². The fourth-order valence-corrected chi connectivity index (χ4v) is 3.75. The van der Waals surface area contributed by atoms with Gasteiger partial charge in [-0.25, -0.2) is 5.43 Å². The molecule has 0 aliphatic carbocycles. The molecule has 3 aromatic rings. The Kier molecular flexibility index (Phi) is 8.01. The molecule has 2 amide bonds. The smallest absolute Gasteiger partial charge is 0.255 e. The molecule has 0 bridgehead atoms. The first-order chi connectivity index (χ1) is 15.0. The fraction of sp³-hybridized carbons (Fsp3) is 0.160. The van der Waals surface area contributed by atoms with Crippen molar-refractivity contribution in [1.29, 1.82) is 0 Å². The van der Waals surface area contributed by atoms with Crippen molar-refractivity contribution < 1.29 is 9.59 Å². The molecule has 0 saturated carbocycles. The third-order valence-electron chi connectivity index (χ3n) is 4.70. The lowest BCUT2D eigenvalue weighted by Gasteiger charge is -2.07. The lowest BCUT2D eigenvalue weighted by atomic mass is 10.1. The molecule has 0 heterocycles. The van der Waals surface area contributed by atoms with Crippen molar-refractivity contribution in [3.63, 3.8) is 0 Å². The van der Waals surface area contributed by atoms with Gasteiger partial charge in [-0.15, -0.1) is 11.8 Å². The van der Waals surface area contributed by atoms with E-state index < -0.39 is 0 Å². The number of benzene rings is 3. The normalized spacial score (nSPS) is 11.1. The predicted octanol–water partition coefficient (Wildman–Crippen LogP) is 5.02. The zero-order chi connectivity index (χ0) is 22.1. The van der Waals surface area contributed by atoms with Crippen LogP contribution in [0.4, 0.5) is 5.69 Å². The Morgan fingerprint density at radius 2 is 1.55 bits per heavy atom. The summed E-state index contributed by atoms with van der Waals surface area (Å²) in [6, 6.07) is 24.6. The molecule has 31 heavy (non-hydrogen) atoms. The van der Waals surface area contributed by atoms with Gasteiger partial charge in [0.25, 0.3) is 5.91 Å². The summed E-state index contributed by atoms with van der Waals surface area (Å²) in [5, 5.41) is 7.06. The number of aryl methyl sites for hydroxylation is 1. The van der Waals surface area contributed by atoms with E-state index in [0.29, 0.717) is 22.7 Å². The summed E-state index contributed by atoms with van der Waals surface area (Å²) in [4.78, 5) is 24.3. The maximum Gasteiger partial charge on any atom is 0.255 e. The molecule has 6 heteroatoms. The zero-order valence-corrected chi connectivity index (χ0v) is 18.4. The van der Waals surface area contributed by atoms with E-state index in [0.717, 1.165) is 11.3 Å². The first-order valence-corrected chi connectivity index (χ1v) is 11.1. The predicted molar refractivity (Wildman–Crippen MR) is 129 cm³/mol. The average Bonchev–Trinajstić information content (AvgIpc) is 2.80. The number of anilines is 1. The number of thioether (sulfide) groups is 1. The van der Waals surface area contributed by atoms with Crippen LogP contribution in [0.15, 0.2) is 84.0 Å². The quantitative estimate of drug-likeness (QED) is 0.389. The minimum Gasteiger partial charge on any atom is -0.322 e. The molecule has 0 fully saturated rings. The number of carbonyl (C=O) groups is 2. The Hall–Kier alpha value is -3.38. The van der Waals surface area contributed by atoms with Gasteiger partial charge in [0.05, 0.1) is 11.5 Å². The van der Waals surface area contributed by atoms with Gasteiger partial charge in [0, 0.05) is 17.0 Å². The van der Waals surface area contributed by atoms with Crippen LogP contribution in [0.1, 0.15) is 34.0 Å². The van der Waals surface area contributed by atoms with E-state index in [9.17, 15) is 9.59 Å². The fourth-order valence-electron chi connectivity index (χ4n) is 2.86. The lowest BCUT2D eigenvalue weighted by Crippen LogP contribution is -2.21. The van der Waals surface area contributed by atoms with Gasteiger partial charge in [-0.1, -0.05) is 54.6 Å². The topological polar surface area (TPSA) is 70.6 Å². The monoisotopic (exact) mass is 431 g/mol. The van der Waals surface area contributed by atoms with Crippen LogP contribution in [0.25, 0.3) is 0 Å². The summed E-state index contributed by atoms with van der Waals surface area (Å²) in [5.74, 6) is 0.841. The maximum atomic E-state index is 12.2. The minimum atomic E-state index is -0.158. The molecule has 0 radical (unpaired) electrons. The highest BCUT2D eigenvalue weighted by Gasteiger charge is 2.06. The minimum absolute atomic E-state index is 0.135. The summed E-state index contributed by atoms with van der Waals surface area (Å²) in [7, 11) is 0. The van der Waals surface area contributed by atoms with Crippen LogP contribution in [-0.4, -0.2) is 23.3 Å². The molecule has 3 aromatic carbocycles. The van der Waals surface area contributed by atoms with E-state index in [1.807, 2.05) is 61.5 Å². The van der Waals surface area contributed by atoms with E-state index in [2.05, 4.69) is 34.9 Å². The third kappa shape index (κ3) is 6.83. The molecule has 0 atom stereocenters. The van der Waals surface area contributed by atoms with Crippen LogP contribution in [-0.2, 0) is 10.5 Å². The molecule has 2 N–H and O–H groups in total. The van der Waals surface area contributed by atoms with E-state index in [4.69, 9.17) is 0 Å². The molecule has 0 saturated heterocycles. The summed E-state index contributed by atoms with van der Waals surface area (Å²) < 4.78 is 0. The first kappa shape index (κ1) is 22.3. The third-order valence-corrected chi connectivity index (χ3v) is 5.68. The molecule has 0 unspecified atom stereocenters. The molecular weight excluding hydrogens is 406 g/mol. The Balaban J connectivity index is 1.47. The van der Waals surface area contributed by atoms with Crippen LogP contribution in [0.3, 0.4) is 0 Å². The number of carbonyl (C=O) groups excluding carboxylic acids is 2. The molecule has 0 aliphatic heterocycles. The van der Waals surface area contributed by atoms with Crippen molar-refractivity contribution in [1.82, 2.24) is 5.43 Å². The highest BCUT2D eigenvalue weighted by molar-refractivity contribution is 7.99. The van der Waals surface area contributed by atoms with Gasteiger partial charge in [-0.2, -0.15) is 5.10 Å². The first-order valence-electron chi connectivity index (χ1n) is 9.95. The maximum absolute atomic E-state index is 12.2. The molecule has 3 rings (SSSR count). The van der Waals surface area contributed by atoms with Crippen LogP contribution >= 0.6 is 11.8 Å². The Morgan fingerprint density at radius 3 is 2.26 bits per heavy atom. The highest BCUT2D eigenvalue weighted by atomic mass is 32.2. The molecule has 158 valence electrons. The Morgan fingerprint density at radius 1 is 0.871 bits per heavy atom. The molecule has 0 spiro atoms. The zero-order valence-electron chi connectivity index (χ0n) is 17.6. The van der Waals surface area contributed by atoms with Gasteiger partial charge in [-0.05, 0) is 54.8 Å². The van der Waals surface area contributed by atoms with E-state index >= 15 is 0 Å². The van der Waals surface area contributed by atoms with Crippen molar-refractivity contribution in [2.45, 2.75) is 19.6 Å². The van der Waals surface area contributed by atoms with Crippen LogP contribution in [0.5, 0.6) is 0 Å². The standard InChI is InChI=1S/C25H25N3O2S/c1-18-8-6-7-11-22(18)16-31-17-24(29)28-27-19(2)20-12-14-23(15-13-20)26-25(30)21-9-4-3-5-10-21/h3-15H,16-17H2,1-2H3,(H,26,30)(H,28,29)/b27-19-. The van der Waals surface area contributed by atoms with Crippen molar-refractivity contribution >= 4 is 35.0 Å². The second kappa shape index (κ2) is 11.1. The molecular formula is C25H25N3O2S. The van der Waals surface area contributed by atoms with E-state index in [1.165, 1.54) is 11.1 Å².